The van der Waals surface area contributed by atoms with Crippen molar-refractivity contribution in [2.75, 3.05) is 0 Å². The van der Waals surface area contributed by atoms with Crippen LogP contribution < -0.4 is 4.74 Å². The SMILES string of the molecule is O=C1C(=Cc2ccc(OCc3cccc4ccccc34)c(Br)c2)SC(=NC2CCCCC2)N1C1CCCCC1. The standard InChI is InChI=1S/C33H35BrN2O2S/c34-29-20-23(18-19-30(29)38-22-25-12-9-11-24-10-7-8-17-28(24)25)21-31-32(37)36(27-15-5-2-6-16-27)33(39-31)35-26-13-3-1-4-14-26/h7-12,17-21,26-27H,1-6,13-16,22H2. The van der Waals surface area contributed by atoms with E-state index in [4.69, 9.17) is 9.73 Å². The van der Waals surface area contributed by atoms with Crippen LogP contribution >= 0.6 is 27.7 Å². The number of carbonyl (C=O) groups excluding carboxylic acids is 1. The van der Waals surface area contributed by atoms with E-state index in [1.807, 2.05) is 29.2 Å². The highest BCUT2D eigenvalue weighted by Gasteiger charge is 2.39. The molecule has 6 rings (SSSR count). The minimum Gasteiger partial charge on any atom is -0.488 e. The topological polar surface area (TPSA) is 41.9 Å². The second-order valence-electron chi connectivity index (χ2n) is 10.9. The van der Waals surface area contributed by atoms with E-state index < -0.39 is 0 Å². The van der Waals surface area contributed by atoms with Gasteiger partial charge in [0, 0.05) is 6.04 Å². The number of amides is 1. The quantitative estimate of drug-likeness (QED) is 0.264. The summed E-state index contributed by atoms with van der Waals surface area (Å²) in [5, 5.41) is 3.36. The van der Waals surface area contributed by atoms with Gasteiger partial charge in [0.25, 0.3) is 5.91 Å². The van der Waals surface area contributed by atoms with E-state index in [1.54, 1.807) is 11.8 Å². The van der Waals surface area contributed by atoms with Gasteiger partial charge in [-0.1, -0.05) is 87.1 Å². The molecule has 1 heterocycles. The largest absolute Gasteiger partial charge is 0.488 e. The second kappa shape index (κ2) is 12.3. The Hall–Kier alpha value is -2.57. The number of hydrogen-bond acceptors (Lipinski definition) is 4. The van der Waals surface area contributed by atoms with Gasteiger partial charge in [0.15, 0.2) is 5.17 Å². The van der Waals surface area contributed by atoms with Crippen molar-refractivity contribution in [3.8, 4) is 5.75 Å². The fraction of sp³-hybridized carbons (Fsp3) is 0.394. The van der Waals surface area contributed by atoms with E-state index in [0.717, 1.165) is 57.1 Å². The molecule has 39 heavy (non-hydrogen) atoms. The third kappa shape index (κ3) is 6.12. The molecule has 4 nitrogen and oxygen atoms in total. The number of aliphatic imine (C=N–C) groups is 1. The van der Waals surface area contributed by atoms with Crippen LogP contribution in [0.1, 0.15) is 75.3 Å². The molecule has 0 aromatic heterocycles. The molecule has 202 valence electrons. The average Bonchev–Trinajstić information content (AvgIpc) is 3.27. The van der Waals surface area contributed by atoms with Crippen LogP contribution in [0.5, 0.6) is 5.75 Å². The van der Waals surface area contributed by atoms with Gasteiger partial charge in [0.2, 0.25) is 0 Å². The Bertz CT molecular complexity index is 1400. The van der Waals surface area contributed by atoms with E-state index in [9.17, 15) is 4.79 Å². The maximum absolute atomic E-state index is 13.7. The Morgan fingerprint density at radius 2 is 1.67 bits per heavy atom. The van der Waals surface area contributed by atoms with Crippen LogP contribution in [0, 0.1) is 0 Å². The van der Waals surface area contributed by atoms with Crippen LogP contribution in [-0.2, 0) is 11.4 Å². The highest BCUT2D eigenvalue weighted by atomic mass is 79.9. The number of rotatable bonds is 6. The van der Waals surface area contributed by atoms with Crippen molar-refractivity contribution in [2.24, 2.45) is 4.99 Å². The van der Waals surface area contributed by atoms with Gasteiger partial charge in [0.1, 0.15) is 12.4 Å². The molecular weight excluding hydrogens is 568 g/mol. The van der Waals surface area contributed by atoms with Gasteiger partial charge in [-0.3, -0.25) is 14.7 Å². The summed E-state index contributed by atoms with van der Waals surface area (Å²) in [5.41, 5.74) is 2.14. The first-order chi connectivity index (χ1) is 19.2. The molecule has 3 aromatic carbocycles. The summed E-state index contributed by atoms with van der Waals surface area (Å²) in [6, 6.07) is 21.4. The molecule has 6 heteroatoms. The zero-order valence-corrected chi connectivity index (χ0v) is 24.7. The Balaban J connectivity index is 1.20. The lowest BCUT2D eigenvalue weighted by Gasteiger charge is -2.31. The van der Waals surface area contributed by atoms with Crippen molar-refractivity contribution in [3.05, 3.63) is 81.2 Å². The van der Waals surface area contributed by atoms with Gasteiger partial charge in [-0.2, -0.15) is 0 Å². The number of nitrogens with zero attached hydrogens (tertiary/aromatic N) is 2. The lowest BCUT2D eigenvalue weighted by molar-refractivity contribution is -0.124. The van der Waals surface area contributed by atoms with Crippen molar-refractivity contribution in [3.63, 3.8) is 0 Å². The maximum atomic E-state index is 13.7. The fourth-order valence-electron chi connectivity index (χ4n) is 6.05. The molecule has 0 bridgehead atoms. The Kier molecular flexibility index (Phi) is 8.40. The highest BCUT2D eigenvalue weighted by Crippen LogP contribution is 2.39. The number of hydrogen-bond donors (Lipinski definition) is 0. The van der Waals surface area contributed by atoms with Crippen molar-refractivity contribution >= 4 is 55.6 Å². The summed E-state index contributed by atoms with van der Waals surface area (Å²) >= 11 is 5.28. The van der Waals surface area contributed by atoms with Gasteiger partial charge >= 0.3 is 0 Å². The first-order valence-corrected chi connectivity index (χ1v) is 16.0. The zero-order valence-electron chi connectivity index (χ0n) is 22.3. The average molecular weight is 604 g/mol. The molecule has 0 N–H and O–H groups in total. The summed E-state index contributed by atoms with van der Waals surface area (Å²) < 4.78 is 7.09. The number of fused-ring (bicyclic) bond motifs is 1. The van der Waals surface area contributed by atoms with Gasteiger partial charge in [-0.25, -0.2) is 0 Å². The smallest absolute Gasteiger partial charge is 0.266 e. The molecule has 1 saturated heterocycles. The van der Waals surface area contributed by atoms with Gasteiger partial charge in [-0.15, -0.1) is 0 Å². The van der Waals surface area contributed by atoms with Crippen LogP contribution in [0.4, 0.5) is 0 Å². The van der Waals surface area contributed by atoms with E-state index in [1.165, 1.54) is 49.3 Å². The maximum Gasteiger partial charge on any atom is 0.266 e. The second-order valence-corrected chi connectivity index (χ2v) is 12.8. The molecule has 0 spiro atoms. The molecule has 3 aliphatic rings. The summed E-state index contributed by atoms with van der Waals surface area (Å²) in [4.78, 5) is 21.7. The number of thioether (sulfide) groups is 1. The predicted octanol–water partition coefficient (Wildman–Crippen LogP) is 9.12. The van der Waals surface area contributed by atoms with Crippen LogP contribution in [0.2, 0.25) is 0 Å². The Morgan fingerprint density at radius 3 is 2.46 bits per heavy atom. The van der Waals surface area contributed by atoms with Crippen LogP contribution in [0.25, 0.3) is 16.8 Å². The third-order valence-electron chi connectivity index (χ3n) is 8.16. The predicted molar refractivity (Wildman–Crippen MR) is 166 cm³/mol. The summed E-state index contributed by atoms with van der Waals surface area (Å²) in [6.07, 6.45) is 13.9. The fourth-order valence-corrected chi connectivity index (χ4v) is 7.67. The van der Waals surface area contributed by atoms with E-state index >= 15 is 0 Å². The molecule has 0 atom stereocenters. The molecule has 0 unspecified atom stereocenters. The molecule has 2 saturated carbocycles. The number of amidine groups is 1. The minimum absolute atomic E-state index is 0.119. The molecule has 2 aliphatic carbocycles. The molecule has 3 fully saturated rings. The monoisotopic (exact) mass is 602 g/mol. The molecule has 0 radical (unpaired) electrons. The lowest BCUT2D eigenvalue weighted by Crippen LogP contribution is -2.41. The van der Waals surface area contributed by atoms with Crippen LogP contribution in [-0.4, -0.2) is 28.1 Å². The summed E-state index contributed by atoms with van der Waals surface area (Å²) in [5.74, 6) is 0.910. The molecule has 1 amide bonds. The summed E-state index contributed by atoms with van der Waals surface area (Å²) in [6.45, 7) is 0.492. The Labute approximate surface area is 244 Å². The third-order valence-corrected chi connectivity index (χ3v) is 9.78. The number of halogens is 1. The number of benzene rings is 3. The van der Waals surface area contributed by atoms with Gasteiger partial charge < -0.3 is 4.74 Å². The van der Waals surface area contributed by atoms with E-state index in [-0.39, 0.29) is 11.9 Å². The normalized spacial score (nSPS) is 21.4. The van der Waals surface area contributed by atoms with Gasteiger partial charge in [-0.05, 0) is 93.5 Å². The van der Waals surface area contributed by atoms with Crippen molar-refractivity contribution in [2.45, 2.75) is 82.9 Å². The van der Waals surface area contributed by atoms with Crippen molar-refractivity contribution < 1.29 is 9.53 Å². The van der Waals surface area contributed by atoms with E-state index in [0.29, 0.717) is 12.6 Å². The van der Waals surface area contributed by atoms with Crippen molar-refractivity contribution in [1.82, 2.24) is 4.90 Å². The lowest BCUT2D eigenvalue weighted by atomic mass is 9.94. The minimum atomic E-state index is 0.119. The van der Waals surface area contributed by atoms with Gasteiger partial charge in [0.05, 0.1) is 15.4 Å². The molecule has 3 aromatic rings. The van der Waals surface area contributed by atoms with Crippen molar-refractivity contribution in [1.29, 1.82) is 0 Å². The highest BCUT2D eigenvalue weighted by molar-refractivity contribution is 9.10. The first kappa shape index (κ1) is 26.6. The first-order valence-electron chi connectivity index (χ1n) is 14.4. The summed E-state index contributed by atoms with van der Waals surface area (Å²) in [7, 11) is 0. The number of carbonyl (C=O) groups is 1. The molecule has 1 aliphatic heterocycles. The molecular formula is C33H35BrN2O2S. The van der Waals surface area contributed by atoms with Crippen LogP contribution in [0.3, 0.4) is 0 Å². The number of ether oxygens (including phenoxy) is 1. The Morgan fingerprint density at radius 1 is 0.923 bits per heavy atom. The van der Waals surface area contributed by atoms with E-state index in [2.05, 4.69) is 58.4 Å². The van der Waals surface area contributed by atoms with Crippen LogP contribution in [0.15, 0.2) is 75.0 Å². The zero-order chi connectivity index (χ0) is 26.6.